The zero-order valence-electron chi connectivity index (χ0n) is 30.3. The molecule has 3 fully saturated rings. The molecule has 2 aromatic heterocycles. The highest BCUT2D eigenvalue weighted by atomic mass is 32.1. The quantitative estimate of drug-likeness (QED) is 0.135. The van der Waals surface area contributed by atoms with Gasteiger partial charge < -0.3 is 25.4 Å². The van der Waals surface area contributed by atoms with Gasteiger partial charge in [-0.2, -0.15) is 28.4 Å². The average molecular weight is 780 g/mol. The number of nitriles is 1. The third kappa shape index (κ3) is 8.93. The van der Waals surface area contributed by atoms with Crippen LogP contribution in [-0.2, 0) is 15.7 Å². The number of fused-ring (bicyclic) bond motifs is 3. The highest BCUT2D eigenvalue weighted by Gasteiger charge is 2.38. The van der Waals surface area contributed by atoms with Crippen molar-refractivity contribution < 1.29 is 40.6 Å². The first-order valence-corrected chi connectivity index (χ1v) is 18.6. The third-order valence-electron chi connectivity index (χ3n) is 9.60. The summed E-state index contributed by atoms with van der Waals surface area (Å²) in [5.41, 5.74) is 2.59. The van der Waals surface area contributed by atoms with Crippen molar-refractivity contribution in [3.63, 3.8) is 0 Å². The molecule has 0 aliphatic carbocycles. The van der Waals surface area contributed by atoms with Gasteiger partial charge in [-0.15, -0.1) is 11.3 Å². The summed E-state index contributed by atoms with van der Waals surface area (Å²) < 4.78 is 95.1. The van der Waals surface area contributed by atoms with Crippen molar-refractivity contribution >= 4 is 49.1 Å². The van der Waals surface area contributed by atoms with Gasteiger partial charge in [-0.25, -0.2) is 13.2 Å². The largest absolute Gasteiger partial charge is 0.467 e. The molecule has 5 heterocycles. The molecule has 4 aromatic rings. The van der Waals surface area contributed by atoms with Gasteiger partial charge in [-0.05, 0) is 69.7 Å². The van der Waals surface area contributed by atoms with Crippen molar-refractivity contribution in [1.82, 2.24) is 19.8 Å². The molecule has 2 unspecified atom stereocenters. The monoisotopic (exact) mass is 779 g/mol. The Labute approximate surface area is 313 Å². The second kappa shape index (κ2) is 17.8. The predicted molar refractivity (Wildman–Crippen MR) is 196 cm³/mol. The van der Waals surface area contributed by atoms with Gasteiger partial charge in [0.2, 0.25) is 5.91 Å². The number of hydrogen-bond donors (Lipinski definition) is 2. The Balaban J connectivity index is 0.000000215. The van der Waals surface area contributed by atoms with Crippen LogP contribution in [0.3, 0.4) is 0 Å². The summed E-state index contributed by atoms with van der Waals surface area (Å²) in [4.78, 5) is 23.5. The van der Waals surface area contributed by atoms with Crippen LogP contribution in [0.15, 0.2) is 18.2 Å². The van der Waals surface area contributed by atoms with E-state index in [-0.39, 0.29) is 50.0 Å². The number of halogens is 6. The molecule has 3 N–H and O–H groups in total. The van der Waals surface area contributed by atoms with E-state index in [1.807, 2.05) is 4.90 Å². The number of ether oxygens (including phenoxy) is 2. The summed E-state index contributed by atoms with van der Waals surface area (Å²) >= 11 is 0.698. The summed E-state index contributed by atoms with van der Waals surface area (Å²) in [5.74, 6) is -1.86. The summed E-state index contributed by atoms with van der Waals surface area (Å²) in [5, 5.41) is 11.8. The number of nitrogen functional groups attached to an aromatic ring is 1. The summed E-state index contributed by atoms with van der Waals surface area (Å²) in [6, 6.07) is 4.75. The fourth-order valence-corrected chi connectivity index (χ4v) is 8.06. The normalized spacial score (nSPS) is 18.2. The average Bonchev–Trinajstić information content (AvgIpc) is 3.95. The van der Waals surface area contributed by atoms with Crippen LogP contribution in [-0.4, -0.2) is 91.4 Å². The van der Waals surface area contributed by atoms with E-state index in [1.165, 1.54) is 32.8 Å². The number of alkyl halides is 4. The number of rotatable bonds is 8. The van der Waals surface area contributed by atoms with E-state index in [0.29, 0.717) is 42.9 Å². The molecule has 10 nitrogen and oxygen atoms in total. The van der Waals surface area contributed by atoms with Crippen LogP contribution < -0.4 is 15.8 Å². The predicted octanol–water partition coefficient (Wildman–Crippen LogP) is 7.93. The lowest BCUT2D eigenvalue weighted by molar-refractivity contribution is -0.137. The Morgan fingerprint density at radius 3 is 2.52 bits per heavy atom. The zero-order chi connectivity index (χ0) is 39.2. The van der Waals surface area contributed by atoms with E-state index < -0.39 is 40.6 Å². The maximum Gasteiger partial charge on any atom is 0.417 e. The Bertz CT molecular complexity index is 1990. The lowest BCUT2D eigenvalue weighted by atomic mass is 9.92. The van der Waals surface area contributed by atoms with Gasteiger partial charge >= 0.3 is 12.2 Å². The van der Waals surface area contributed by atoms with Gasteiger partial charge in [-0.1, -0.05) is 6.07 Å². The number of anilines is 2. The number of methoxy groups -OCH3 is 2. The number of nitrogens with one attached hydrogen (secondary N) is 1. The molecule has 0 saturated carbocycles. The van der Waals surface area contributed by atoms with Gasteiger partial charge in [0.05, 0.1) is 22.9 Å². The number of carbonyl (C=O) groups is 1. The number of nitrogens with two attached hydrogens (primary N) is 1. The van der Waals surface area contributed by atoms with Crippen molar-refractivity contribution in [2.75, 3.05) is 64.6 Å². The number of carbonyl (C=O) groups excluding carboxylic acids is 1. The van der Waals surface area contributed by atoms with Gasteiger partial charge in [0, 0.05) is 68.7 Å². The zero-order valence-corrected chi connectivity index (χ0v) is 31.1. The highest BCUT2D eigenvalue weighted by Crippen LogP contribution is 2.47. The molecule has 3 aliphatic rings. The lowest BCUT2D eigenvalue weighted by Crippen LogP contribution is -2.27. The molecule has 0 spiro atoms. The molecule has 2 atom stereocenters. The van der Waals surface area contributed by atoms with Gasteiger partial charge in [-0.3, -0.25) is 9.69 Å². The molecule has 0 bridgehead atoms. The molecule has 3 saturated heterocycles. The Kier molecular flexibility index (Phi) is 13.5. The molecular formula is C37H43F6N7O3S. The van der Waals surface area contributed by atoms with Crippen LogP contribution in [0.1, 0.15) is 63.0 Å². The van der Waals surface area contributed by atoms with Crippen LogP contribution in [0.4, 0.5) is 37.2 Å². The molecule has 7 rings (SSSR count). The molecule has 292 valence electrons. The van der Waals surface area contributed by atoms with Crippen LogP contribution >= 0.6 is 11.3 Å². The van der Waals surface area contributed by atoms with E-state index in [0.717, 1.165) is 50.7 Å². The van der Waals surface area contributed by atoms with Gasteiger partial charge in [0.25, 0.3) is 0 Å². The Morgan fingerprint density at radius 2 is 1.89 bits per heavy atom. The smallest absolute Gasteiger partial charge is 0.417 e. The molecule has 1 amide bonds. The van der Waals surface area contributed by atoms with Crippen molar-refractivity contribution in [1.29, 1.82) is 5.26 Å². The Morgan fingerprint density at radius 1 is 1.15 bits per heavy atom. The highest BCUT2D eigenvalue weighted by molar-refractivity contribution is 7.23. The van der Waals surface area contributed by atoms with E-state index in [4.69, 9.17) is 15.2 Å². The number of amides is 1. The molecular weight excluding hydrogens is 737 g/mol. The van der Waals surface area contributed by atoms with Crippen LogP contribution in [0.5, 0.6) is 6.01 Å². The van der Waals surface area contributed by atoms with E-state index in [2.05, 4.69) is 20.2 Å². The maximum absolute atomic E-state index is 15.9. The number of hydrogen-bond acceptors (Lipinski definition) is 10. The SMILES string of the molecule is CCNc1nc(OC)nc2c(F)c(-c3ccc(F)c4sc(N)c(C#N)c34)c(C(F)(F)F)cc12.COCCCC(=O)N1CCCC1.FC1CC2CCCN2C1. The number of thiophene rings is 1. The number of benzene rings is 2. The topological polar surface area (TPSA) is 130 Å². The van der Waals surface area contributed by atoms with Crippen molar-refractivity contribution in [2.45, 2.75) is 70.3 Å². The van der Waals surface area contributed by atoms with E-state index in [1.54, 1.807) is 20.1 Å². The second-order valence-corrected chi connectivity index (χ2v) is 14.2. The molecule has 17 heteroatoms. The molecule has 54 heavy (non-hydrogen) atoms. The standard InChI is InChI=1S/C21H14F5N5OS.C9H17NO2.C7H12FN/c1-3-29-19-9-6-11(21(24,25)26)14(15(23)16(9)30-20(31-19)32-2)8-4-5-12(22)17-13(8)10(7-27)18(28)33-17;1-12-8-4-5-9(11)10-6-2-3-7-10;8-6-4-7-2-1-3-9(7)5-6/h4-6H,3,28H2,1-2H3,(H,29,30,31);2-8H2,1H3;6-7H,1-5H2. The first-order chi connectivity index (χ1) is 25.8. The van der Waals surface area contributed by atoms with Crippen molar-refractivity contribution in [3.05, 3.63) is 41.0 Å². The van der Waals surface area contributed by atoms with Crippen LogP contribution in [0.2, 0.25) is 0 Å². The fraction of sp³-hybridized carbons (Fsp3) is 0.514. The van der Waals surface area contributed by atoms with E-state index >= 15 is 4.39 Å². The maximum atomic E-state index is 15.9. The van der Waals surface area contributed by atoms with Crippen LogP contribution in [0, 0.1) is 23.0 Å². The molecule has 3 aliphatic heterocycles. The molecule has 2 aromatic carbocycles. The van der Waals surface area contributed by atoms with Crippen molar-refractivity contribution in [2.24, 2.45) is 0 Å². The minimum absolute atomic E-state index is 0.0444. The summed E-state index contributed by atoms with van der Waals surface area (Å²) in [6.07, 6.45) is 1.67. The Hall–Kier alpha value is -4.40. The molecule has 0 radical (unpaired) electrons. The number of nitrogens with zero attached hydrogens (tertiary/aromatic N) is 5. The van der Waals surface area contributed by atoms with Crippen molar-refractivity contribution in [3.8, 4) is 23.2 Å². The van der Waals surface area contributed by atoms with Gasteiger partial charge in [0.1, 0.15) is 34.4 Å². The van der Waals surface area contributed by atoms with E-state index in [9.17, 15) is 32.0 Å². The fourth-order valence-electron chi connectivity index (χ4n) is 7.11. The minimum Gasteiger partial charge on any atom is -0.467 e. The summed E-state index contributed by atoms with van der Waals surface area (Å²) in [7, 11) is 2.90. The first-order valence-electron chi connectivity index (χ1n) is 17.8. The number of aromatic nitrogens is 2. The summed E-state index contributed by atoms with van der Waals surface area (Å²) in [6.45, 7) is 6.46. The van der Waals surface area contributed by atoms with Crippen LogP contribution in [0.25, 0.3) is 32.1 Å². The van der Waals surface area contributed by atoms with Gasteiger partial charge in [0.15, 0.2) is 5.82 Å². The number of likely N-dealkylation sites (tertiary alicyclic amines) is 1. The lowest BCUT2D eigenvalue weighted by Gasteiger charge is -2.18. The first kappa shape index (κ1) is 40.8. The minimum atomic E-state index is -5.00. The second-order valence-electron chi connectivity index (χ2n) is 13.2. The third-order valence-corrected chi connectivity index (χ3v) is 10.6.